The molecule has 6 fully saturated rings. The fraction of sp³-hybridized carbons (Fsp3) is 0.471. The van der Waals surface area contributed by atoms with Gasteiger partial charge >= 0.3 is 12.1 Å². The molecule has 0 radical (unpaired) electrons. The smallest absolute Gasteiger partial charge is 0.407 e. The van der Waals surface area contributed by atoms with Crippen LogP contribution < -0.4 is 71.5 Å². The van der Waals surface area contributed by atoms with Crippen molar-refractivity contribution in [2.45, 2.75) is 164 Å². The van der Waals surface area contributed by atoms with Gasteiger partial charge in [-0.05, 0) is 177 Å². The molecule has 6 aromatic rings. The molecule has 8 amide bonds. The summed E-state index contributed by atoms with van der Waals surface area (Å²) in [6.45, 7) is 6.47. The molecule has 11 aliphatic rings. The number of aliphatic hydroxyl groups excluding tert-OH is 4. The topological polar surface area (TPSA) is 485 Å². The number of likely N-dealkylation sites (N-methyl/N-ethyl adjacent to an activating group) is 2. The summed E-state index contributed by atoms with van der Waals surface area (Å²) < 4.78 is 43.4. The Labute approximate surface area is 711 Å². The number of carbonyl (C=O) groups is 10. The van der Waals surface area contributed by atoms with Gasteiger partial charge in [0.05, 0.1) is 28.4 Å². The van der Waals surface area contributed by atoms with Gasteiger partial charge < -0.3 is 111 Å². The average molecular weight is 1730 g/mol. The first kappa shape index (κ1) is 87.5. The third-order valence-electron chi connectivity index (χ3n) is 24.3. The maximum Gasteiger partial charge on any atom is 0.407 e. The molecule has 33 nitrogen and oxygen atoms in total. The minimum Gasteiger partial charge on any atom is -0.508 e. The summed E-state index contributed by atoms with van der Waals surface area (Å²) in [6, 6.07) is 10.5. The van der Waals surface area contributed by atoms with Crippen LogP contribution in [-0.4, -0.2) is 184 Å². The Balaban J connectivity index is 0.934. The maximum atomic E-state index is 16.7. The molecule has 14 atom stereocenters. The normalized spacial score (nSPS) is 27.5. The Hall–Kier alpha value is -10.9. The van der Waals surface area contributed by atoms with E-state index in [4.69, 9.17) is 56.4 Å². The van der Waals surface area contributed by atoms with Gasteiger partial charge in [-0.2, -0.15) is 0 Å². The molecular formula is C87H99Cl2N9O24. The SMILES string of the molecule is CC[C@H](CC(C)C)C(=O)N[C@H]1C(=O)C[C@@H](CC(=O)NC(=O)Nc2cc(OCCNC)cc(OCCNC)c2)C(=O)N[C@H]2C(=O)C[C@H]3C(=O)N[C@H](C(=O)N[C@H](C(=O)CC4C5CC6CC(C5)CC4C6)c4cc(O)cc(O)c4-c4cc3ccc4O)[C@H](O)c3ccc(c(Cl)c3)Oc3cc2cc(c3O[C@@H]2O[C@@H]3CNC(=O)O[C@H]3[C@H](O)[C@H]2O)Oc2ccc(cc2Cl)[C@H]1O. The van der Waals surface area contributed by atoms with Crippen molar-refractivity contribution < 1.29 is 117 Å². The van der Waals surface area contributed by atoms with Crippen molar-refractivity contribution in [3.05, 3.63) is 135 Å². The number of aliphatic hydroxyl groups is 4. The van der Waals surface area contributed by atoms with E-state index in [0.29, 0.717) is 31.3 Å². The predicted molar refractivity (Wildman–Crippen MR) is 437 cm³/mol. The fourth-order valence-corrected chi connectivity index (χ4v) is 18.9. The third-order valence-corrected chi connectivity index (χ3v) is 24.9. The van der Waals surface area contributed by atoms with Gasteiger partial charge in [0.1, 0.15) is 108 Å². The van der Waals surface area contributed by atoms with Gasteiger partial charge in [0.25, 0.3) is 0 Å². The number of rotatable bonds is 21. The van der Waals surface area contributed by atoms with Crippen molar-refractivity contribution in [3.8, 4) is 68.6 Å². The first-order chi connectivity index (χ1) is 58.4. The van der Waals surface area contributed by atoms with Gasteiger partial charge in [0, 0.05) is 85.8 Å². The highest BCUT2D eigenvalue weighted by Gasteiger charge is 2.53. The van der Waals surface area contributed by atoms with Crippen molar-refractivity contribution in [3.63, 3.8) is 0 Å². The molecule has 35 heteroatoms. The number of imide groups is 1. The number of aromatic hydroxyl groups is 3. The van der Waals surface area contributed by atoms with Crippen molar-refractivity contribution in [1.82, 2.24) is 42.5 Å². The summed E-state index contributed by atoms with van der Waals surface area (Å²) >= 11 is 14.4. The van der Waals surface area contributed by atoms with Crippen LogP contribution in [0.5, 0.6) is 57.5 Å². The van der Waals surface area contributed by atoms with Crippen molar-refractivity contribution in [1.29, 1.82) is 0 Å². The number of nitrogens with one attached hydrogen (secondary N) is 9. The highest BCUT2D eigenvalue weighted by Crippen LogP contribution is 2.58. The molecule has 0 spiro atoms. The van der Waals surface area contributed by atoms with E-state index >= 15 is 28.8 Å². The van der Waals surface area contributed by atoms with E-state index in [1.54, 1.807) is 27.1 Å². The molecule has 2 saturated heterocycles. The zero-order chi connectivity index (χ0) is 86.8. The van der Waals surface area contributed by atoms with Crippen LogP contribution >= 0.6 is 23.2 Å². The molecule has 17 rings (SSSR count). The molecule has 122 heavy (non-hydrogen) atoms. The largest absolute Gasteiger partial charge is 0.508 e. The molecule has 0 aromatic heterocycles. The molecule has 0 unspecified atom stereocenters. The number of benzene rings is 6. The molecule has 650 valence electrons. The minimum absolute atomic E-state index is 0.0501. The summed E-state index contributed by atoms with van der Waals surface area (Å²) in [5, 5.41) is 108. The molecule has 7 aliphatic heterocycles. The van der Waals surface area contributed by atoms with Gasteiger partial charge in [-0.25, -0.2) is 9.59 Å². The number of anilines is 1. The molecular weight excluding hydrogens is 1630 g/mol. The number of phenols is 3. The van der Waals surface area contributed by atoms with Crippen LogP contribution in [0.25, 0.3) is 11.1 Å². The number of hydrogen-bond acceptors (Lipinski definition) is 26. The molecule has 4 saturated carbocycles. The monoisotopic (exact) mass is 1720 g/mol. The summed E-state index contributed by atoms with van der Waals surface area (Å²) in [6.07, 6.45) is -11.7. The lowest BCUT2D eigenvalue weighted by atomic mass is 9.51. The van der Waals surface area contributed by atoms with Crippen LogP contribution in [-0.2, 0) is 47.8 Å². The number of alkyl carbamates (subject to hydrolysis) is 1. The summed E-state index contributed by atoms with van der Waals surface area (Å²) in [7, 11) is 3.44. The van der Waals surface area contributed by atoms with Crippen molar-refractivity contribution >= 4 is 87.9 Å². The van der Waals surface area contributed by atoms with E-state index in [-0.39, 0.29) is 134 Å². The molecule has 15 bridgehead atoms. The average Bonchev–Trinajstić information content (AvgIpc) is 0.756. The Morgan fingerprint density at radius 3 is 1.89 bits per heavy atom. The zero-order valence-electron chi connectivity index (χ0n) is 67.4. The molecule has 4 aliphatic carbocycles. The quantitative estimate of drug-likeness (QED) is 0.0303. The van der Waals surface area contributed by atoms with Crippen molar-refractivity contribution in [2.75, 3.05) is 52.3 Å². The molecule has 7 heterocycles. The number of fused-ring (bicyclic) bond motifs is 16. The fourth-order valence-electron chi connectivity index (χ4n) is 18.4. The van der Waals surface area contributed by atoms with Gasteiger partial charge in [-0.3, -0.25) is 43.7 Å². The van der Waals surface area contributed by atoms with E-state index in [1.807, 2.05) is 13.8 Å². The summed E-state index contributed by atoms with van der Waals surface area (Å²) in [5.74, 6) is -15.5. The Morgan fingerprint density at radius 2 is 1.27 bits per heavy atom. The second-order valence-electron chi connectivity index (χ2n) is 33.2. The van der Waals surface area contributed by atoms with Crippen LogP contribution in [0.2, 0.25) is 10.0 Å². The van der Waals surface area contributed by atoms with E-state index in [2.05, 4.69) is 47.9 Å². The number of ether oxygens (including phenoxy) is 7. The summed E-state index contributed by atoms with van der Waals surface area (Å²) in [4.78, 5) is 152. The van der Waals surface area contributed by atoms with Crippen LogP contribution in [0.15, 0.2) is 97.1 Å². The number of halogens is 2. The number of amides is 8. The minimum atomic E-state index is -2.23. The lowest BCUT2D eigenvalue weighted by Crippen LogP contribution is -2.65. The Morgan fingerprint density at radius 1 is 0.639 bits per heavy atom. The lowest BCUT2D eigenvalue weighted by molar-refractivity contribution is -0.275. The van der Waals surface area contributed by atoms with Gasteiger partial charge in [0.15, 0.2) is 35.0 Å². The second-order valence-corrected chi connectivity index (χ2v) is 34.0. The first-order valence-electron chi connectivity index (χ1n) is 41.0. The zero-order valence-corrected chi connectivity index (χ0v) is 68.9. The predicted octanol–water partition coefficient (Wildman–Crippen LogP) is 8.04. The number of Topliss-reactive ketones (excluding diaryl/α,β-unsaturated/α-hetero) is 3. The highest BCUT2D eigenvalue weighted by atomic mass is 35.5. The van der Waals surface area contributed by atoms with E-state index in [9.17, 15) is 54.9 Å². The number of phenolic OH excluding ortho intramolecular Hbond substituents is 3. The highest BCUT2D eigenvalue weighted by molar-refractivity contribution is 6.32. The van der Waals surface area contributed by atoms with Crippen LogP contribution in [0, 0.1) is 47.3 Å². The second kappa shape index (κ2) is 37.4. The van der Waals surface area contributed by atoms with Gasteiger partial charge in [-0.15, -0.1) is 0 Å². The number of ketones is 3. The number of carbonyl (C=O) groups excluding carboxylic acids is 10. The van der Waals surface area contributed by atoms with E-state index < -0.39 is 198 Å². The maximum absolute atomic E-state index is 16.7. The van der Waals surface area contributed by atoms with Crippen LogP contribution in [0.1, 0.15) is 149 Å². The first-order valence-corrected chi connectivity index (χ1v) is 41.8. The van der Waals surface area contributed by atoms with Crippen LogP contribution in [0.3, 0.4) is 0 Å². The Bertz CT molecular complexity index is 4990. The van der Waals surface area contributed by atoms with Crippen LogP contribution in [0.4, 0.5) is 15.3 Å². The van der Waals surface area contributed by atoms with Gasteiger partial charge in [0.2, 0.25) is 41.6 Å². The van der Waals surface area contributed by atoms with Crippen molar-refractivity contribution in [2.24, 2.45) is 47.3 Å². The lowest BCUT2D eigenvalue weighted by Gasteiger charge is -2.54. The van der Waals surface area contributed by atoms with E-state index in [0.717, 1.165) is 62.4 Å². The third kappa shape index (κ3) is 19.3. The number of urea groups is 1. The number of hydrogen-bond donors (Lipinski definition) is 16. The Kier molecular flexibility index (Phi) is 26.8. The molecule has 6 aromatic carbocycles. The molecule has 16 N–H and O–H groups in total. The summed E-state index contributed by atoms with van der Waals surface area (Å²) in [5.41, 5.74) is -1.53. The standard InChI is InChI=1S/C87H99Cl2N9O24/c1-6-41(17-38(2)3)81(110)97-73-61(102)26-48(29-69(105)94-86(114)93-49-30-51(116-15-13-90-4)34-52(31-49)117-16-14-91-5)82(111)95-71-47-27-66(118-64-11-8-43(75(73)106)24-57(64)88)79(121-85-78(109)77(108)80-68(120-85)37-92-87(115)122-80)67(28-47)119-65-12-9-44(25-58(65)89)76(107)74-84(113)96-72(63(104)35-53-45-19-39-18-40(21-45)22-46(53)20-39)56-32-50(99)33-60(101)70(56)55-23-42(7-10-59(55)100)54(36-62(71)103)83(112)98-74/h7-12,23-25,27-28,30-34,38-41,45-46,48,53-54,68,71-78,80,85,90-91,99-101,106-109H,6,13-22,26,29,35-37H2,1-5H3,(H,92,115)(H,95,111)(H,96,113)(H,97,110)(H,98,112)(H2,93,94,105,114)/t39?,40?,41-,45?,46?,48+,53?,54-,68-,71-,72+,73+,74+,75-,76-,77-,78-,80-,85+/m1/s1. The van der Waals surface area contributed by atoms with E-state index in [1.165, 1.54) is 60.7 Å². The van der Waals surface area contributed by atoms with Gasteiger partial charge in [-0.1, -0.05) is 62.2 Å².